The van der Waals surface area contributed by atoms with E-state index in [0.717, 1.165) is 25.7 Å². The molecule has 2 nitrogen and oxygen atoms in total. The number of carbonyl (C=O) groups is 1. The minimum Gasteiger partial charge on any atom is -0.510 e. The molecule has 0 aromatic carbocycles. The van der Waals surface area contributed by atoms with Crippen LogP contribution in [0.5, 0.6) is 0 Å². The van der Waals surface area contributed by atoms with E-state index in [1.807, 2.05) is 13.0 Å². The molecule has 0 saturated heterocycles. The summed E-state index contributed by atoms with van der Waals surface area (Å²) < 4.78 is -0.488. The van der Waals surface area contributed by atoms with Crippen molar-refractivity contribution in [3.8, 4) is 0 Å². The highest BCUT2D eigenvalue weighted by Crippen LogP contribution is 2.44. The molecule has 0 saturated carbocycles. The van der Waals surface area contributed by atoms with Gasteiger partial charge in [-0.25, -0.2) is 0 Å². The van der Waals surface area contributed by atoms with Gasteiger partial charge in [-0.05, 0) is 59.8 Å². The Balaban J connectivity index is 2.50. The molecule has 1 aliphatic heterocycles. The molecular weight excluding hydrogens is 292 g/mol. The van der Waals surface area contributed by atoms with Crippen LogP contribution in [0.2, 0.25) is 0 Å². The van der Waals surface area contributed by atoms with Gasteiger partial charge in [0.2, 0.25) is 5.12 Å². The van der Waals surface area contributed by atoms with E-state index in [4.69, 9.17) is 0 Å². The maximum Gasteiger partial charge on any atom is 0.219 e. The van der Waals surface area contributed by atoms with E-state index in [2.05, 4.69) is 32.6 Å². The molecule has 0 amide bonds. The Morgan fingerprint density at radius 2 is 1.82 bits per heavy atom. The summed E-state index contributed by atoms with van der Waals surface area (Å²) in [6, 6.07) is 0. The fourth-order valence-corrected chi connectivity index (χ4v) is 3.49. The summed E-state index contributed by atoms with van der Waals surface area (Å²) in [5.74, 6) is 0.242. The van der Waals surface area contributed by atoms with Crippen LogP contribution in [0.3, 0.4) is 0 Å². The maximum absolute atomic E-state index is 11.7. The minimum atomic E-state index is -0.488. The van der Waals surface area contributed by atoms with Crippen molar-refractivity contribution >= 4 is 16.9 Å². The average molecular weight is 320 g/mol. The van der Waals surface area contributed by atoms with Gasteiger partial charge in [-0.2, -0.15) is 0 Å². The van der Waals surface area contributed by atoms with Gasteiger partial charge in [0.1, 0.15) is 5.76 Å². The van der Waals surface area contributed by atoms with Gasteiger partial charge in [0.05, 0.1) is 4.75 Å². The van der Waals surface area contributed by atoms with Crippen molar-refractivity contribution in [2.24, 2.45) is 0 Å². The third kappa shape index (κ3) is 5.20. The zero-order valence-electron chi connectivity index (χ0n) is 14.2. The highest BCUT2D eigenvalue weighted by atomic mass is 32.2. The van der Waals surface area contributed by atoms with Gasteiger partial charge in [0.15, 0.2) is 0 Å². The van der Waals surface area contributed by atoms with Gasteiger partial charge in [0.25, 0.3) is 0 Å². The number of carbonyl (C=O) groups excluding carboxylic acids is 1. The molecule has 0 radical (unpaired) electrons. The normalized spacial score (nSPS) is 23.4. The van der Waals surface area contributed by atoms with Gasteiger partial charge in [-0.1, -0.05) is 41.1 Å². The molecule has 0 spiro atoms. The first-order chi connectivity index (χ1) is 10.3. The summed E-state index contributed by atoms with van der Waals surface area (Å²) >= 11 is 1.23. The second-order valence-electron chi connectivity index (χ2n) is 6.27. The molecule has 0 fully saturated rings. The first kappa shape index (κ1) is 18.8. The number of rotatable bonds is 8. The summed E-state index contributed by atoms with van der Waals surface area (Å²) in [5.41, 5.74) is 3.21. The van der Waals surface area contributed by atoms with Crippen molar-refractivity contribution in [1.82, 2.24) is 0 Å². The third-order valence-corrected chi connectivity index (χ3v) is 5.40. The van der Waals surface area contributed by atoms with Gasteiger partial charge >= 0.3 is 0 Å². The summed E-state index contributed by atoms with van der Waals surface area (Å²) in [6.07, 6.45) is 11.3. The van der Waals surface area contributed by atoms with Gasteiger partial charge in [-0.3, -0.25) is 4.79 Å². The number of aliphatic hydroxyl groups is 1. The van der Waals surface area contributed by atoms with Gasteiger partial charge in [0, 0.05) is 5.57 Å². The number of aliphatic hydroxyl groups excluding tert-OH is 1. The molecule has 1 N–H and O–H groups in total. The summed E-state index contributed by atoms with van der Waals surface area (Å²) in [7, 11) is 0. The first-order valence-corrected chi connectivity index (χ1v) is 8.67. The van der Waals surface area contributed by atoms with Crippen LogP contribution in [-0.2, 0) is 4.79 Å². The Morgan fingerprint density at radius 3 is 2.36 bits per heavy atom. The second kappa shape index (κ2) is 8.42. The largest absolute Gasteiger partial charge is 0.510 e. The van der Waals surface area contributed by atoms with E-state index >= 15 is 0 Å². The van der Waals surface area contributed by atoms with Crippen LogP contribution in [0.25, 0.3) is 0 Å². The van der Waals surface area contributed by atoms with E-state index in [1.54, 1.807) is 6.92 Å². The van der Waals surface area contributed by atoms with E-state index < -0.39 is 4.75 Å². The standard InChI is InChI=1S/C19H28O2S/c1-6-7-9-14(2)10-8-11-15(3)12-13-19(5)17(20)16(4)18(21)22-19/h6,10,12,20H,1,7-9,11,13H2,2-5H3/b14-10+,15-12+. The Bertz CT molecular complexity index is 526. The predicted molar refractivity (Wildman–Crippen MR) is 97.1 cm³/mol. The minimum absolute atomic E-state index is 0.00756. The zero-order chi connectivity index (χ0) is 16.8. The zero-order valence-corrected chi connectivity index (χ0v) is 15.1. The maximum atomic E-state index is 11.7. The number of hydrogen-bond acceptors (Lipinski definition) is 3. The van der Waals surface area contributed by atoms with Crippen LogP contribution >= 0.6 is 11.8 Å². The van der Waals surface area contributed by atoms with E-state index in [-0.39, 0.29) is 10.9 Å². The van der Waals surface area contributed by atoms with Crippen molar-refractivity contribution in [2.75, 3.05) is 0 Å². The molecule has 0 aromatic heterocycles. The highest BCUT2D eigenvalue weighted by Gasteiger charge is 2.40. The number of allylic oxidation sites excluding steroid dienone is 5. The van der Waals surface area contributed by atoms with E-state index in [9.17, 15) is 9.90 Å². The van der Waals surface area contributed by atoms with Crippen LogP contribution < -0.4 is 0 Å². The Labute approximate surface area is 139 Å². The molecule has 1 aliphatic rings. The summed E-state index contributed by atoms with van der Waals surface area (Å²) in [4.78, 5) is 11.7. The predicted octanol–water partition coefficient (Wildman–Crippen LogP) is 5.88. The number of thioether (sulfide) groups is 1. The number of hydrogen-bond donors (Lipinski definition) is 1. The molecule has 122 valence electrons. The lowest BCUT2D eigenvalue weighted by atomic mass is 9.99. The lowest BCUT2D eigenvalue weighted by Crippen LogP contribution is -2.19. The summed E-state index contributed by atoms with van der Waals surface area (Å²) in [5, 5.41) is 10.1. The van der Waals surface area contributed by atoms with Gasteiger partial charge in [-0.15, -0.1) is 6.58 Å². The second-order valence-corrected chi connectivity index (χ2v) is 7.74. The average Bonchev–Trinajstić information content (AvgIpc) is 2.67. The molecule has 1 atom stereocenters. The lowest BCUT2D eigenvalue weighted by Gasteiger charge is -2.20. The van der Waals surface area contributed by atoms with Crippen molar-refractivity contribution in [1.29, 1.82) is 0 Å². The topological polar surface area (TPSA) is 37.3 Å². The van der Waals surface area contributed by atoms with Crippen LogP contribution in [-0.4, -0.2) is 15.0 Å². The Hall–Kier alpha value is -1.22. The van der Waals surface area contributed by atoms with Crippen molar-refractivity contribution in [3.05, 3.63) is 47.3 Å². The fourth-order valence-electron chi connectivity index (χ4n) is 2.41. The quantitative estimate of drug-likeness (QED) is 0.567. The molecule has 1 heterocycles. The molecule has 22 heavy (non-hydrogen) atoms. The first-order valence-electron chi connectivity index (χ1n) is 7.86. The van der Waals surface area contributed by atoms with E-state index in [1.165, 1.54) is 22.9 Å². The smallest absolute Gasteiger partial charge is 0.219 e. The molecule has 0 bridgehead atoms. The molecule has 1 rings (SSSR count). The van der Waals surface area contributed by atoms with E-state index in [0.29, 0.717) is 12.0 Å². The van der Waals surface area contributed by atoms with Crippen LogP contribution in [0, 0.1) is 0 Å². The summed E-state index contributed by atoms with van der Waals surface area (Å²) in [6.45, 7) is 11.7. The van der Waals surface area contributed by atoms with Crippen LogP contribution in [0.1, 0.15) is 59.8 Å². The Kier molecular flexibility index (Phi) is 7.21. The van der Waals surface area contributed by atoms with Crippen molar-refractivity contribution < 1.29 is 9.90 Å². The molecule has 0 aliphatic carbocycles. The van der Waals surface area contributed by atoms with Crippen molar-refractivity contribution in [2.45, 2.75) is 64.5 Å². The SMILES string of the molecule is C=CCC/C(C)=C/CC/C(C)=C/CC1(C)SC(=O)C(C)=C1O. The molecular formula is C19H28O2S. The third-order valence-electron chi connectivity index (χ3n) is 4.09. The molecule has 1 unspecified atom stereocenters. The monoisotopic (exact) mass is 320 g/mol. The van der Waals surface area contributed by atoms with Crippen LogP contribution in [0.15, 0.2) is 47.3 Å². The lowest BCUT2D eigenvalue weighted by molar-refractivity contribution is -0.107. The Morgan fingerprint density at radius 1 is 1.23 bits per heavy atom. The van der Waals surface area contributed by atoms with Gasteiger partial charge < -0.3 is 5.11 Å². The molecule has 3 heteroatoms. The van der Waals surface area contributed by atoms with Crippen molar-refractivity contribution in [3.63, 3.8) is 0 Å². The molecule has 0 aromatic rings. The van der Waals surface area contributed by atoms with Crippen LogP contribution in [0.4, 0.5) is 0 Å². The fraction of sp³-hybridized carbons (Fsp3) is 0.526. The highest BCUT2D eigenvalue weighted by molar-refractivity contribution is 8.15.